The Balaban J connectivity index is 1.69. The first-order valence-electron chi connectivity index (χ1n) is 8.93. The van der Waals surface area contributed by atoms with E-state index in [9.17, 15) is 13.6 Å². The molecule has 1 aliphatic carbocycles. The fraction of sp³-hybridized carbons (Fsp3) is 0.300. The molecule has 3 N–H and O–H groups in total. The summed E-state index contributed by atoms with van der Waals surface area (Å²) in [4.78, 5) is 18.3. The number of hydrogen-bond donors (Lipinski definition) is 2. The van der Waals surface area contributed by atoms with Gasteiger partial charge in [0.05, 0.1) is 11.4 Å². The van der Waals surface area contributed by atoms with Crippen molar-refractivity contribution in [3.63, 3.8) is 0 Å². The predicted molar refractivity (Wildman–Crippen MR) is 104 cm³/mol. The van der Waals surface area contributed by atoms with E-state index in [1.807, 2.05) is 6.07 Å². The quantitative estimate of drug-likeness (QED) is 0.670. The highest BCUT2D eigenvalue weighted by molar-refractivity contribution is 7.21. The SMILES string of the molecule is CCC1CCc2nc3sc(C(=O)Nc4cc(F)ccc4F)c(N)c3cc2C1. The van der Waals surface area contributed by atoms with Crippen LogP contribution in [0.3, 0.4) is 0 Å². The van der Waals surface area contributed by atoms with Gasteiger partial charge in [-0.3, -0.25) is 4.79 Å². The van der Waals surface area contributed by atoms with E-state index in [0.717, 1.165) is 55.0 Å². The molecule has 2 heterocycles. The van der Waals surface area contributed by atoms with Crippen LogP contribution < -0.4 is 11.1 Å². The van der Waals surface area contributed by atoms with Gasteiger partial charge in [0.1, 0.15) is 21.3 Å². The Labute approximate surface area is 159 Å². The Morgan fingerprint density at radius 2 is 2.19 bits per heavy atom. The monoisotopic (exact) mass is 387 g/mol. The van der Waals surface area contributed by atoms with Gasteiger partial charge in [0, 0.05) is 17.1 Å². The van der Waals surface area contributed by atoms with E-state index < -0.39 is 17.5 Å². The number of halogens is 2. The average Bonchev–Trinajstić information content (AvgIpc) is 2.98. The number of nitrogens with two attached hydrogens (primary N) is 1. The van der Waals surface area contributed by atoms with Crippen molar-refractivity contribution in [1.82, 2.24) is 4.98 Å². The van der Waals surface area contributed by atoms with E-state index in [2.05, 4.69) is 12.2 Å². The van der Waals surface area contributed by atoms with Crippen molar-refractivity contribution in [1.29, 1.82) is 0 Å². The molecular weight excluding hydrogens is 368 g/mol. The van der Waals surface area contributed by atoms with E-state index in [4.69, 9.17) is 10.7 Å². The third-order valence-corrected chi connectivity index (χ3v) is 6.26. The highest BCUT2D eigenvalue weighted by Gasteiger charge is 2.23. The number of carbonyl (C=O) groups excluding carboxylic acids is 1. The van der Waals surface area contributed by atoms with Gasteiger partial charge in [0.15, 0.2) is 0 Å². The Bertz CT molecular complexity index is 1050. The van der Waals surface area contributed by atoms with Crippen LogP contribution in [-0.4, -0.2) is 10.9 Å². The molecule has 1 aromatic carbocycles. The van der Waals surface area contributed by atoms with E-state index >= 15 is 0 Å². The number of thiophene rings is 1. The van der Waals surface area contributed by atoms with Gasteiger partial charge in [-0.15, -0.1) is 11.3 Å². The number of anilines is 2. The number of benzene rings is 1. The molecular formula is C20H19F2N3OS. The van der Waals surface area contributed by atoms with Crippen LogP contribution in [0.5, 0.6) is 0 Å². The second-order valence-electron chi connectivity index (χ2n) is 6.89. The molecule has 1 amide bonds. The van der Waals surface area contributed by atoms with Gasteiger partial charge < -0.3 is 11.1 Å². The summed E-state index contributed by atoms with van der Waals surface area (Å²) >= 11 is 1.18. The van der Waals surface area contributed by atoms with Crippen LogP contribution in [0, 0.1) is 17.6 Å². The maximum absolute atomic E-state index is 13.8. The smallest absolute Gasteiger partial charge is 0.268 e. The van der Waals surface area contributed by atoms with Crippen molar-refractivity contribution in [2.45, 2.75) is 32.6 Å². The molecule has 4 nitrogen and oxygen atoms in total. The number of hydrogen-bond acceptors (Lipinski definition) is 4. The average molecular weight is 387 g/mol. The summed E-state index contributed by atoms with van der Waals surface area (Å²) in [6.07, 6.45) is 4.15. The number of nitrogens with zero attached hydrogens (tertiary/aromatic N) is 1. The minimum Gasteiger partial charge on any atom is -0.397 e. The summed E-state index contributed by atoms with van der Waals surface area (Å²) in [6, 6.07) is 4.94. The number of rotatable bonds is 3. The molecule has 0 aliphatic heterocycles. The van der Waals surface area contributed by atoms with E-state index in [-0.39, 0.29) is 10.6 Å². The van der Waals surface area contributed by atoms with Gasteiger partial charge in [-0.25, -0.2) is 13.8 Å². The Hall–Kier alpha value is -2.54. The second-order valence-corrected chi connectivity index (χ2v) is 7.89. The molecule has 0 bridgehead atoms. The number of aromatic nitrogens is 1. The number of pyridine rings is 1. The summed E-state index contributed by atoms with van der Waals surface area (Å²) in [7, 11) is 0. The molecule has 1 aliphatic rings. The number of nitrogen functional groups attached to an aromatic ring is 1. The molecule has 7 heteroatoms. The molecule has 3 aromatic rings. The third kappa shape index (κ3) is 3.27. The fourth-order valence-electron chi connectivity index (χ4n) is 3.56. The molecule has 4 rings (SSSR count). The topological polar surface area (TPSA) is 68.0 Å². The summed E-state index contributed by atoms with van der Waals surface area (Å²) in [5.41, 5.74) is 8.58. The van der Waals surface area contributed by atoms with Crippen LogP contribution in [0.15, 0.2) is 24.3 Å². The Morgan fingerprint density at radius 3 is 2.96 bits per heavy atom. The first-order valence-corrected chi connectivity index (χ1v) is 9.75. The minimum absolute atomic E-state index is 0.213. The molecule has 1 atom stereocenters. The number of nitrogens with one attached hydrogen (secondary N) is 1. The zero-order valence-corrected chi connectivity index (χ0v) is 15.6. The lowest BCUT2D eigenvalue weighted by Gasteiger charge is -2.22. The molecule has 27 heavy (non-hydrogen) atoms. The van der Waals surface area contributed by atoms with Gasteiger partial charge in [-0.2, -0.15) is 0 Å². The van der Waals surface area contributed by atoms with Gasteiger partial charge >= 0.3 is 0 Å². The lowest BCUT2D eigenvalue weighted by atomic mass is 9.85. The molecule has 0 saturated heterocycles. The van der Waals surface area contributed by atoms with Crippen molar-refractivity contribution in [3.8, 4) is 0 Å². The minimum atomic E-state index is -0.705. The normalized spacial score (nSPS) is 16.3. The van der Waals surface area contributed by atoms with Crippen LogP contribution in [0.25, 0.3) is 10.2 Å². The van der Waals surface area contributed by atoms with E-state index in [1.54, 1.807) is 0 Å². The number of aryl methyl sites for hydroxylation is 1. The maximum atomic E-state index is 13.8. The molecule has 0 radical (unpaired) electrons. The summed E-state index contributed by atoms with van der Waals surface area (Å²) < 4.78 is 27.1. The van der Waals surface area contributed by atoms with Gasteiger partial charge in [0.2, 0.25) is 0 Å². The van der Waals surface area contributed by atoms with Gasteiger partial charge in [-0.1, -0.05) is 13.3 Å². The first-order chi connectivity index (χ1) is 13.0. The van der Waals surface area contributed by atoms with Crippen molar-refractivity contribution >= 4 is 38.8 Å². The second kappa shape index (κ2) is 6.88. The zero-order chi connectivity index (χ0) is 19.1. The highest BCUT2D eigenvalue weighted by Crippen LogP contribution is 2.37. The molecule has 0 fully saturated rings. The number of amides is 1. The molecule has 0 saturated carbocycles. The van der Waals surface area contributed by atoms with Crippen molar-refractivity contribution < 1.29 is 13.6 Å². The van der Waals surface area contributed by atoms with Gasteiger partial charge in [0.25, 0.3) is 5.91 Å². The van der Waals surface area contributed by atoms with Crippen LogP contribution in [0.1, 0.15) is 40.7 Å². The van der Waals surface area contributed by atoms with Gasteiger partial charge in [-0.05, 0) is 48.9 Å². The van der Waals surface area contributed by atoms with Crippen LogP contribution >= 0.6 is 11.3 Å². The number of carbonyl (C=O) groups is 1. The largest absolute Gasteiger partial charge is 0.397 e. The van der Waals surface area contributed by atoms with E-state index in [1.165, 1.54) is 16.9 Å². The van der Waals surface area contributed by atoms with Crippen molar-refractivity contribution in [3.05, 3.63) is 52.0 Å². The highest BCUT2D eigenvalue weighted by atomic mass is 32.1. The third-order valence-electron chi connectivity index (χ3n) is 5.15. The van der Waals surface area contributed by atoms with Crippen molar-refractivity contribution in [2.24, 2.45) is 5.92 Å². The fourth-order valence-corrected chi connectivity index (χ4v) is 4.55. The molecule has 140 valence electrons. The van der Waals surface area contributed by atoms with Crippen molar-refractivity contribution in [2.75, 3.05) is 11.1 Å². The lowest BCUT2D eigenvalue weighted by Crippen LogP contribution is -2.14. The standard InChI is InChI=1S/C20H19F2N3OS/c1-2-10-3-6-15-11(7-10)8-13-17(23)18(27-20(13)25-15)19(26)24-16-9-12(21)4-5-14(16)22/h4-5,8-10H,2-3,6-7,23H2,1H3,(H,24,26). The lowest BCUT2D eigenvalue weighted by molar-refractivity contribution is 0.103. The maximum Gasteiger partial charge on any atom is 0.268 e. The number of fused-ring (bicyclic) bond motifs is 2. The van der Waals surface area contributed by atoms with Crippen LogP contribution in [0.4, 0.5) is 20.2 Å². The van der Waals surface area contributed by atoms with E-state index in [0.29, 0.717) is 16.4 Å². The molecule has 1 unspecified atom stereocenters. The van der Waals surface area contributed by atoms with Crippen LogP contribution in [-0.2, 0) is 12.8 Å². The first kappa shape index (κ1) is 17.9. The molecule has 2 aromatic heterocycles. The summed E-state index contributed by atoms with van der Waals surface area (Å²) in [5, 5.41) is 3.15. The summed E-state index contributed by atoms with van der Waals surface area (Å²) in [6.45, 7) is 2.19. The zero-order valence-electron chi connectivity index (χ0n) is 14.8. The Kier molecular flexibility index (Phi) is 4.55. The summed E-state index contributed by atoms with van der Waals surface area (Å²) in [5.74, 6) is -1.25. The Morgan fingerprint density at radius 1 is 1.37 bits per heavy atom. The predicted octanol–water partition coefficient (Wildman–Crippen LogP) is 4.92. The molecule has 0 spiro atoms. The van der Waals surface area contributed by atoms with Crippen LogP contribution in [0.2, 0.25) is 0 Å².